The lowest BCUT2D eigenvalue weighted by Gasteiger charge is -2.22. The van der Waals surface area contributed by atoms with Crippen molar-refractivity contribution < 1.29 is 18.0 Å². The topological polar surface area (TPSA) is 98.1 Å². The summed E-state index contributed by atoms with van der Waals surface area (Å²) in [5, 5.41) is 4.35. The van der Waals surface area contributed by atoms with E-state index in [0.717, 1.165) is 18.5 Å². The molecule has 27 heavy (non-hydrogen) atoms. The Balaban J connectivity index is 1.89. The van der Waals surface area contributed by atoms with Gasteiger partial charge in [0.1, 0.15) is 0 Å². The van der Waals surface area contributed by atoms with Crippen molar-refractivity contribution in [1.82, 2.24) is 14.5 Å². The summed E-state index contributed by atoms with van der Waals surface area (Å²) >= 11 is 0. The Kier molecular flexibility index (Phi) is 4.71. The van der Waals surface area contributed by atoms with Gasteiger partial charge >= 0.3 is 0 Å². The number of aromatic nitrogens is 2. The molecule has 0 unspecified atom stereocenters. The summed E-state index contributed by atoms with van der Waals surface area (Å²) in [6.45, 7) is 7.30. The highest BCUT2D eigenvalue weighted by molar-refractivity contribution is 7.90. The highest BCUT2D eigenvalue weighted by Crippen LogP contribution is 2.41. The van der Waals surface area contributed by atoms with E-state index in [1.165, 1.54) is 31.2 Å². The van der Waals surface area contributed by atoms with Crippen LogP contribution < -0.4 is 4.72 Å². The van der Waals surface area contributed by atoms with Crippen LogP contribution in [-0.2, 0) is 15.6 Å². The molecule has 0 atom stereocenters. The van der Waals surface area contributed by atoms with Gasteiger partial charge in [0.15, 0.2) is 11.5 Å². The van der Waals surface area contributed by atoms with Gasteiger partial charge in [-0.05, 0) is 58.7 Å². The molecule has 0 saturated heterocycles. The van der Waals surface area contributed by atoms with Gasteiger partial charge in [-0.1, -0.05) is 12.1 Å². The van der Waals surface area contributed by atoms with E-state index in [0.29, 0.717) is 5.92 Å². The van der Waals surface area contributed by atoms with Crippen LogP contribution in [0, 0.1) is 0 Å². The van der Waals surface area contributed by atoms with Crippen molar-refractivity contribution in [3.05, 3.63) is 47.3 Å². The summed E-state index contributed by atoms with van der Waals surface area (Å²) < 4.78 is 28.9. The number of hydrogen-bond acceptors (Lipinski definition) is 5. The van der Waals surface area contributed by atoms with E-state index in [4.69, 9.17) is 0 Å². The molecule has 8 heteroatoms. The number of benzene rings is 1. The zero-order valence-corrected chi connectivity index (χ0v) is 16.6. The number of ketones is 1. The fourth-order valence-corrected chi connectivity index (χ4v) is 3.84. The van der Waals surface area contributed by atoms with Crippen molar-refractivity contribution in [2.75, 3.05) is 0 Å². The molecule has 0 spiro atoms. The Labute approximate surface area is 158 Å². The molecule has 1 fully saturated rings. The lowest BCUT2D eigenvalue weighted by molar-refractivity contribution is 0.0973. The van der Waals surface area contributed by atoms with Gasteiger partial charge in [-0.2, -0.15) is 5.10 Å². The maximum absolute atomic E-state index is 12.6. The van der Waals surface area contributed by atoms with E-state index in [1.54, 1.807) is 10.7 Å². The van der Waals surface area contributed by atoms with Gasteiger partial charge in [-0.25, -0.2) is 13.1 Å². The van der Waals surface area contributed by atoms with Gasteiger partial charge in [-0.3, -0.25) is 14.3 Å². The van der Waals surface area contributed by atoms with E-state index in [9.17, 15) is 18.0 Å². The summed E-state index contributed by atoms with van der Waals surface area (Å²) in [5.41, 5.74) is 0.964. The molecule has 1 amide bonds. The van der Waals surface area contributed by atoms with Crippen molar-refractivity contribution in [1.29, 1.82) is 0 Å². The van der Waals surface area contributed by atoms with Crippen molar-refractivity contribution in [2.24, 2.45) is 0 Å². The van der Waals surface area contributed by atoms with Crippen LogP contribution >= 0.6 is 0 Å². The third kappa shape index (κ3) is 4.10. The molecule has 0 aliphatic heterocycles. The third-order valence-electron chi connectivity index (χ3n) is 4.38. The Morgan fingerprint density at radius 2 is 1.85 bits per heavy atom. The van der Waals surface area contributed by atoms with Crippen LogP contribution in [0.5, 0.6) is 0 Å². The minimum absolute atomic E-state index is 0.0677. The van der Waals surface area contributed by atoms with E-state index in [2.05, 4.69) is 9.82 Å². The first-order valence-corrected chi connectivity index (χ1v) is 10.3. The van der Waals surface area contributed by atoms with Crippen molar-refractivity contribution in [2.45, 2.75) is 56.9 Å². The maximum Gasteiger partial charge on any atom is 0.285 e. The van der Waals surface area contributed by atoms with Gasteiger partial charge in [-0.15, -0.1) is 0 Å². The van der Waals surface area contributed by atoms with Crippen LogP contribution in [-0.4, -0.2) is 29.9 Å². The van der Waals surface area contributed by atoms with Crippen LogP contribution in [0.3, 0.4) is 0 Å². The number of carbonyl (C=O) groups excluding carboxylic acids is 2. The first-order chi connectivity index (χ1) is 12.5. The molecule has 144 valence electrons. The zero-order valence-electron chi connectivity index (χ0n) is 15.8. The molecule has 1 saturated carbocycles. The number of rotatable bonds is 5. The van der Waals surface area contributed by atoms with Gasteiger partial charge in [0.2, 0.25) is 0 Å². The van der Waals surface area contributed by atoms with Crippen LogP contribution in [0.4, 0.5) is 0 Å². The Hall–Kier alpha value is -2.48. The van der Waals surface area contributed by atoms with Gasteiger partial charge in [0.25, 0.3) is 15.9 Å². The number of nitrogens with zero attached hydrogens (tertiary/aromatic N) is 2. The number of amides is 1. The van der Waals surface area contributed by atoms with Crippen molar-refractivity contribution in [3.63, 3.8) is 0 Å². The molecular weight excluding hydrogens is 366 g/mol. The molecule has 7 nitrogen and oxygen atoms in total. The summed E-state index contributed by atoms with van der Waals surface area (Å²) in [6.07, 6.45) is 2.08. The number of nitrogens with one attached hydrogen (secondary N) is 1. The van der Waals surface area contributed by atoms with Crippen LogP contribution in [0.15, 0.2) is 35.2 Å². The van der Waals surface area contributed by atoms with E-state index in [-0.39, 0.29) is 27.5 Å². The number of Topliss-reactive ketones (excluding diaryl/α,β-unsaturated/α-hetero) is 1. The average molecular weight is 389 g/mol. The van der Waals surface area contributed by atoms with Crippen LogP contribution in [0.2, 0.25) is 0 Å². The quantitative estimate of drug-likeness (QED) is 0.793. The number of hydrogen-bond donors (Lipinski definition) is 1. The fourth-order valence-electron chi connectivity index (χ4n) is 2.83. The summed E-state index contributed by atoms with van der Waals surface area (Å²) in [5.74, 6) is -0.674. The first kappa shape index (κ1) is 19.3. The van der Waals surface area contributed by atoms with Gasteiger partial charge in [0.05, 0.1) is 10.4 Å². The number of carbonyl (C=O) groups is 2. The first-order valence-electron chi connectivity index (χ1n) is 8.77. The Morgan fingerprint density at radius 1 is 1.19 bits per heavy atom. The molecule has 1 aromatic carbocycles. The Morgan fingerprint density at radius 3 is 2.41 bits per heavy atom. The van der Waals surface area contributed by atoms with Crippen molar-refractivity contribution in [3.8, 4) is 0 Å². The highest BCUT2D eigenvalue weighted by Gasteiger charge is 2.33. The van der Waals surface area contributed by atoms with E-state index >= 15 is 0 Å². The maximum atomic E-state index is 12.6. The molecule has 1 aromatic heterocycles. The predicted molar refractivity (Wildman–Crippen MR) is 100 cm³/mol. The summed E-state index contributed by atoms with van der Waals surface area (Å²) in [4.78, 5) is 23.9. The highest BCUT2D eigenvalue weighted by atomic mass is 32.2. The molecule has 3 rings (SSSR count). The molecule has 1 heterocycles. The summed E-state index contributed by atoms with van der Waals surface area (Å²) in [7, 11) is -4.11. The fraction of sp³-hybridized carbons (Fsp3) is 0.421. The second kappa shape index (κ2) is 6.60. The monoisotopic (exact) mass is 389 g/mol. The van der Waals surface area contributed by atoms with Crippen LogP contribution in [0.1, 0.15) is 73.0 Å². The number of sulfonamides is 1. The molecular formula is C19H23N3O4S. The average Bonchev–Trinajstić information content (AvgIpc) is 3.31. The normalized spacial score (nSPS) is 14.8. The second-order valence-corrected chi connectivity index (χ2v) is 9.51. The Bertz CT molecular complexity index is 1010. The van der Waals surface area contributed by atoms with Gasteiger partial charge < -0.3 is 0 Å². The molecule has 0 radical (unpaired) electrons. The van der Waals surface area contributed by atoms with E-state index in [1.807, 2.05) is 20.8 Å². The second-order valence-electron chi connectivity index (χ2n) is 7.83. The smallest absolute Gasteiger partial charge is 0.285 e. The predicted octanol–water partition coefficient (Wildman–Crippen LogP) is 2.84. The standard InChI is InChI=1S/C19H23N3O4S/c1-12(23)14-6-5-7-15(10-14)27(25,26)21-18(24)16-11-17(13-8-9-13)22(20-16)19(2,3)4/h5-7,10-11,13H,8-9H2,1-4H3,(H,21,24). The lowest BCUT2D eigenvalue weighted by atomic mass is 10.1. The molecule has 1 N–H and O–H groups in total. The largest absolute Gasteiger partial charge is 0.295 e. The zero-order chi connectivity index (χ0) is 20.0. The van der Waals surface area contributed by atoms with Gasteiger partial charge in [0, 0.05) is 17.2 Å². The third-order valence-corrected chi connectivity index (χ3v) is 5.71. The SMILES string of the molecule is CC(=O)c1cccc(S(=O)(=O)NC(=O)c2cc(C3CC3)n(C(C)(C)C)n2)c1. The summed E-state index contributed by atoms with van der Waals surface area (Å²) in [6, 6.07) is 7.25. The van der Waals surface area contributed by atoms with E-state index < -0.39 is 15.9 Å². The molecule has 2 aromatic rings. The van der Waals surface area contributed by atoms with Crippen LogP contribution in [0.25, 0.3) is 0 Å². The lowest BCUT2D eigenvalue weighted by Crippen LogP contribution is -2.31. The molecule has 1 aliphatic carbocycles. The molecule has 0 bridgehead atoms. The van der Waals surface area contributed by atoms with Crippen molar-refractivity contribution >= 4 is 21.7 Å². The molecule has 1 aliphatic rings. The minimum Gasteiger partial charge on any atom is -0.295 e. The minimum atomic E-state index is -4.11.